The van der Waals surface area contributed by atoms with Crippen molar-refractivity contribution < 1.29 is 0 Å². The molecule has 1 nitrogen and oxygen atoms in total. The zero-order valence-corrected chi connectivity index (χ0v) is 35.8. The highest BCUT2D eigenvalue weighted by molar-refractivity contribution is 6.22. The number of hydrogen-bond acceptors (Lipinski definition) is 1. The van der Waals surface area contributed by atoms with E-state index in [1.807, 2.05) is 0 Å². The largest absolute Gasteiger partial charge is 0.310 e. The normalized spacial score (nSPS) is 11.4. The molecule has 0 amide bonds. The zero-order valence-electron chi connectivity index (χ0n) is 35.8. The monoisotopic (exact) mass is 825 g/mol. The van der Waals surface area contributed by atoms with Crippen LogP contribution in [0.4, 0.5) is 17.1 Å². The summed E-state index contributed by atoms with van der Waals surface area (Å²) >= 11 is 0. The Morgan fingerprint density at radius 3 is 1.35 bits per heavy atom. The number of anilines is 3. The fourth-order valence-corrected chi connectivity index (χ4v) is 9.91. The Balaban J connectivity index is 1.03. The second-order valence-corrected chi connectivity index (χ2v) is 16.9. The SMILES string of the molecule is c1ccc(-c2c(-c3ccccc3)c3cc(-c4cccc(N(c5ccc(-c6cccc7ccccc67)cc5)c5cccc(-c6ccc7ccccc7c6)c5)c4)ccc3c3ccccc23)cc1. The van der Waals surface area contributed by atoms with Crippen LogP contribution in [0, 0.1) is 0 Å². The molecule has 0 atom stereocenters. The Bertz CT molecular complexity index is 3700. The minimum atomic E-state index is 1.09. The van der Waals surface area contributed by atoms with Crippen LogP contribution in [0.2, 0.25) is 0 Å². The lowest BCUT2D eigenvalue weighted by Crippen LogP contribution is -2.10. The molecule has 304 valence electrons. The summed E-state index contributed by atoms with van der Waals surface area (Å²) < 4.78 is 0. The fraction of sp³-hybridized carbons (Fsp3) is 0. The predicted molar refractivity (Wildman–Crippen MR) is 278 cm³/mol. The van der Waals surface area contributed by atoms with Gasteiger partial charge in [0.15, 0.2) is 0 Å². The molecule has 0 N–H and O–H groups in total. The molecule has 0 aromatic heterocycles. The molecular weight excluding hydrogens is 783 g/mol. The molecule has 0 heterocycles. The van der Waals surface area contributed by atoms with E-state index in [9.17, 15) is 0 Å². The van der Waals surface area contributed by atoms with Gasteiger partial charge in [0.2, 0.25) is 0 Å². The van der Waals surface area contributed by atoms with E-state index >= 15 is 0 Å². The van der Waals surface area contributed by atoms with E-state index in [0.29, 0.717) is 0 Å². The van der Waals surface area contributed by atoms with Crippen molar-refractivity contribution in [2.75, 3.05) is 4.90 Å². The summed E-state index contributed by atoms with van der Waals surface area (Å²) in [7, 11) is 0. The van der Waals surface area contributed by atoms with Gasteiger partial charge in [0.1, 0.15) is 0 Å². The Morgan fingerprint density at radius 2 is 0.662 bits per heavy atom. The first-order valence-corrected chi connectivity index (χ1v) is 22.4. The highest BCUT2D eigenvalue weighted by atomic mass is 15.1. The smallest absolute Gasteiger partial charge is 0.0467 e. The van der Waals surface area contributed by atoms with E-state index in [1.54, 1.807) is 0 Å². The van der Waals surface area contributed by atoms with Gasteiger partial charge in [-0.3, -0.25) is 0 Å². The van der Waals surface area contributed by atoms with Crippen LogP contribution in [0.1, 0.15) is 0 Å². The first-order valence-electron chi connectivity index (χ1n) is 22.4. The second kappa shape index (κ2) is 16.3. The third kappa shape index (κ3) is 7.01. The van der Waals surface area contributed by atoms with Gasteiger partial charge in [0, 0.05) is 17.1 Å². The molecule has 0 unspecified atom stereocenters. The van der Waals surface area contributed by atoms with Crippen LogP contribution in [0.25, 0.3) is 98.7 Å². The number of hydrogen-bond donors (Lipinski definition) is 0. The van der Waals surface area contributed by atoms with Crippen molar-refractivity contribution in [2.45, 2.75) is 0 Å². The van der Waals surface area contributed by atoms with E-state index in [-0.39, 0.29) is 0 Å². The van der Waals surface area contributed by atoms with Gasteiger partial charge in [0.25, 0.3) is 0 Å². The van der Waals surface area contributed by atoms with Crippen LogP contribution < -0.4 is 4.90 Å². The summed E-state index contributed by atoms with van der Waals surface area (Å²) in [6.45, 7) is 0. The van der Waals surface area contributed by atoms with Gasteiger partial charge in [-0.15, -0.1) is 0 Å². The Kier molecular flexibility index (Phi) is 9.58. The maximum atomic E-state index is 2.42. The van der Waals surface area contributed by atoms with E-state index < -0.39 is 0 Å². The molecular formula is C64H43N. The summed E-state index contributed by atoms with van der Waals surface area (Å²) in [5.41, 5.74) is 15.3. The van der Waals surface area contributed by atoms with Crippen molar-refractivity contribution in [3.05, 3.63) is 261 Å². The van der Waals surface area contributed by atoms with E-state index in [0.717, 1.165) is 22.6 Å². The topological polar surface area (TPSA) is 3.24 Å². The molecule has 0 aliphatic carbocycles. The van der Waals surface area contributed by atoms with Crippen molar-refractivity contribution in [3.8, 4) is 55.6 Å². The third-order valence-corrected chi connectivity index (χ3v) is 13.0. The molecule has 1 heteroatoms. The van der Waals surface area contributed by atoms with Crippen LogP contribution in [-0.4, -0.2) is 0 Å². The van der Waals surface area contributed by atoms with Gasteiger partial charge in [-0.1, -0.05) is 212 Å². The van der Waals surface area contributed by atoms with Gasteiger partial charge >= 0.3 is 0 Å². The standard InChI is InChI=1S/C64H43N/c1-3-18-47(19-4-1)63-61-30-12-11-29-59(61)60-39-36-53(43-62(60)64(63)48-20-5-2-6-21-48)51-25-14-27-56(42-51)65(54-37-34-46(35-38-54)58-31-15-23-45-17-9-10-28-57(45)58)55-26-13-24-50(41-55)52-33-32-44-16-7-8-22-49(44)40-52/h1-43H. The minimum Gasteiger partial charge on any atom is -0.310 e. The summed E-state index contributed by atoms with van der Waals surface area (Å²) in [4.78, 5) is 2.40. The highest BCUT2D eigenvalue weighted by Crippen LogP contribution is 2.46. The first kappa shape index (κ1) is 38.2. The molecule has 0 aliphatic heterocycles. The Labute approximate surface area is 379 Å². The molecule has 0 radical (unpaired) electrons. The molecule has 0 fully saturated rings. The predicted octanol–water partition coefficient (Wildman–Crippen LogP) is 18.1. The van der Waals surface area contributed by atoms with Crippen molar-refractivity contribution in [3.63, 3.8) is 0 Å². The fourth-order valence-electron chi connectivity index (χ4n) is 9.91. The average Bonchev–Trinajstić information content (AvgIpc) is 3.39. The van der Waals surface area contributed by atoms with Gasteiger partial charge < -0.3 is 4.90 Å². The van der Waals surface area contributed by atoms with Crippen molar-refractivity contribution >= 4 is 60.2 Å². The van der Waals surface area contributed by atoms with Crippen LogP contribution >= 0.6 is 0 Å². The van der Waals surface area contributed by atoms with Crippen molar-refractivity contribution in [1.29, 1.82) is 0 Å². The van der Waals surface area contributed by atoms with Crippen LogP contribution in [0.15, 0.2) is 261 Å². The lowest BCUT2D eigenvalue weighted by Gasteiger charge is -2.27. The number of benzene rings is 12. The van der Waals surface area contributed by atoms with Gasteiger partial charge in [-0.25, -0.2) is 0 Å². The maximum absolute atomic E-state index is 2.42. The lowest BCUT2D eigenvalue weighted by atomic mass is 9.84. The quantitative estimate of drug-likeness (QED) is 0.138. The zero-order chi connectivity index (χ0) is 43.1. The van der Waals surface area contributed by atoms with Gasteiger partial charge in [-0.2, -0.15) is 0 Å². The van der Waals surface area contributed by atoms with Crippen LogP contribution in [-0.2, 0) is 0 Å². The lowest BCUT2D eigenvalue weighted by molar-refractivity contribution is 1.28. The Morgan fingerprint density at radius 1 is 0.200 bits per heavy atom. The second-order valence-electron chi connectivity index (χ2n) is 16.9. The summed E-state index contributed by atoms with van der Waals surface area (Å²) in [5, 5.41) is 9.97. The van der Waals surface area contributed by atoms with Gasteiger partial charge in [-0.05, 0) is 147 Å². The molecule has 12 rings (SSSR count). The van der Waals surface area contributed by atoms with E-state index in [1.165, 1.54) is 93.2 Å². The van der Waals surface area contributed by atoms with Crippen molar-refractivity contribution in [1.82, 2.24) is 0 Å². The number of fused-ring (bicyclic) bond motifs is 5. The molecule has 0 bridgehead atoms. The molecule has 0 aliphatic rings. The minimum absolute atomic E-state index is 1.09. The molecule has 12 aromatic carbocycles. The van der Waals surface area contributed by atoms with Crippen LogP contribution in [0.3, 0.4) is 0 Å². The van der Waals surface area contributed by atoms with E-state index in [2.05, 4.69) is 266 Å². The highest BCUT2D eigenvalue weighted by Gasteiger charge is 2.20. The summed E-state index contributed by atoms with van der Waals surface area (Å²) in [6.07, 6.45) is 0. The molecule has 12 aromatic rings. The molecule has 0 saturated heterocycles. The molecule has 65 heavy (non-hydrogen) atoms. The third-order valence-electron chi connectivity index (χ3n) is 13.0. The molecule has 0 saturated carbocycles. The first-order chi connectivity index (χ1) is 32.2. The molecule has 0 spiro atoms. The Hall–Kier alpha value is -8.52. The van der Waals surface area contributed by atoms with Crippen LogP contribution in [0.5, 0.6) is 0 Å². The number of nitrogens with zero attached hydrogens (tertiary/aromatic N) is 1. The number of rotatable bonds is 8. The summed E-state index contributed by atoms with van der Waals surface area (Å²) in [5.74, 6) is 0. The van der Waals surface area contributed by atoms with Crippen molar-refractivity contribution in [2.24, 2.45) is 0 Å². The maximum Gasteiger partial charge on any atom is 0.0467 e. The average molecular weight is 826 g/mol. The summed E-state index contributed by atoms with van der Waals surface area (Å²) in [6, 6.07) is 95.3. The van der Waals surface area contributed by atoms with E-state index in [4.69, 9.17) is 0 Å². The van der Waals surface area contributed by atoms with Gasteiger partial charge in [0.05, 0.1) is 0 Å².